The second-order valence-electron chi connectivity index (χ2n) is 3.97. The molecule has 2 aromatic carbocycles. The molecule has 0 aliphatic heterocycles. The van der Waals surface area contributed by atoms with Crippen molar-refractivity contribution in [3.63, 3.8) is 0 Å². The predicted octanol–water partition coefficient (Wildman–Crippen LogP) is 2.98. The molecule has 0 fully saturated rings. The van der Waals surface area contributed by atoms with E-state index in [0.29, 0.717) is 16.7 Å². The maximum Gasteiger partial charge on any atom is 0.101 e. The first-order valence-electron chi connectivity index (χ1n) is 5.33. The molecule has 3 rings (SSSR count). The van der Waals surface area contributed by atoms with Gasteiger partial charge in [-0.2, -0.15) is 15.8 Å². The first kappa shape index (κ1) is 10.1. The third kappa shape index (κ3) is 1.04. The molecule has 0 amide bonds. The first-order valence-corrected chi connectivity index (χ1v) is 5.33. The van der Waals surface area contributed by atoms with Gasteiger partial charge in [-0.15, -0.1) is 0 Å². The van der Waals surface area contributed by atoms with Gasteiger partial charge in [0.25, 0.3) is 0 Å². The lowest BCUT2D eigenvalue weighted by Crippen LogP contribution is -1.84. The topological polar surface area (TPSA) is 71.4 Å². The van der Waals surface area contributed by atoms with E-state index in [9.17, 15) is 10.5 Å². The van der Waals surface area contributed by atoms with Gasteiger partial charge in [-0.3, -0.25) is 0 Å². The van der Waals surface area contributed by atoms with E-state index in [0.717, 1.165) is 21.9 Å². The van der Waals surface area contributed by atoms with E-state index in [4.69, 9.17) is 5.26 Å². The molecule has 3 nitrogen and oxygen atoms in total. The summed E-state index contributed by atoms with van der Waals surface area (Å²) in [4.78, 5) is 0. The van der Waals surface area contributed by atoms with Crippen LogP contribution in [-0.4, -0.2) is 0 Å². The van der Waals surface area contributed by atoms with Gasteiger partial charge in [0.1, 0.15) is 12.1 Å². The van der Waals surface area contributed by atoms with E-state index < -0.39 is 0 Å². The molecule has 0 radical (unpaired) electrons. The molecule has 0 saturated heterocycles. The summed E-state index contributed by atoms with van der Waals surface area (Å²) < 4.78 is 0. The molecule has 1 aliphatic rings. The Bertz CT molecular complexity index is 822. The monoisotopic (exact) mass is 227 g/mol. The lowest BCUT2D eigenvalue weighted by atomic mass is 9.98. The fraction of sp³-hybridized carbons (Fsp3) is 0. The molecule has 0 bridgehead atoms. The van der Waals surface area contributed by atoms with Crippen molar-refractivity contribution >= 4 is 21.9 Å². The third-order valence-corrected chi connectivity index (χ3v) is 3.17. The Morgan fingerprint density at radius 3 is 2.00 bits per heavy atom. The van der Waals surface area contributed by atoms with E-state index in [1.54, 1.807) is 18.2 Å². The quantitative estimate of drug-likeness (QED) is 0.694. The minimum absolute atomic E-state index is 0.396. The Labute approximate surface area is 103 Å². The highest BCUT2D eigenvalue weighted by Crippen LogP contribution is 2.42. The molecule has 0 unspecified atom stereocenters. The van der Waals surface area contributed by atoms with Gasteiger partial charge in [-0.1, -0.05) is 24.3 Å². The first-order chi connectivity index (χ1) is 8.81. The second kappa shape index (κ2) is 3.45. The van der Waals surface area contributed by atoms with Crippen LogP contribution < -0.4 is 0 Å². The fourth-order valence-corrected chi connectivity index (χ4v) is 2.42. The Kier molecular flexibility index (Phi) is 1.94. The van der Waals surface area contributed by atoms with Crippen molar-refractivity contribution in [2.45, 2.75) is 0 Å². The van der Waals surface area contributed by atoms with Crippen molar-refractivity contribution in [2.75, 3.05) is 0 Å². The molecule has 2 aromatic rings. The Hall–Kier alpha value is -3.09. The van der Waals surface area contributed by atoms with Crippen molar-refractivity contribution in [3.05, 3.63) is 47.0 Å². The van der Waals surface area contributed by atoms with Gasteiger partial charge in [0.15, 0.2) is 0 Å². The molecule has 0 N–H and O–H groups in total. The van der Waals surface area contributed by atoms with Crippen molar-refractivity contribution < 1.29 is 0 Å². The number of nitriles is 3. The van der Waals surface area contributed by atoms with Crippen LogP contribution in [0.25, 0.3) is 21.9 Å². The highest BCUT2D eigenvalue weighted by atomic mass is 14.3. The molecule has 1 aliphatic carbocycles. The van der Waals surface area contributed by atoms with Crippen molar-refractivity contribution in [1.29, 1.82) is 15.8 Å². The van der Waals surface area contributed by atoms with Gasteiger partial charge in [0, 0.05) is 21.9 Å². The van der Waals surface area contributed by atoms with Crippen LogP contribution in [0.2, 0.25) is 0 Å². The summed E-state index contributed by atoms with van der Waals surface area (Å²) >= 11 is 0. The van der Waals surface area contributed by atoms with Gasteiger partial charge < -0.3 is 0 Å². The molecule has 0 atom stereocenters. The molecule has 0 heterocycles. The van der Waals surface area contributed by atoms with E-state index in [1.165, 1.54) is 0 Å². The maximum absolute atomic E-state index is 9.19. The van der Waals surface area contributed by atoms with E-state index in [-0.39, 0.29) is 0 Å². The molecule has 3 heteroatoms. The molecule has 80 valence electrons. The number of rotatable bonds is 0. The zero-order chi connectivity index (χ0) is 12.7. The summed E-state index contributed by atoms with van der Waals surface area (Å²) in [6.07, 6.45) is 0. The summed E-state index contributed by atoms with van der Waals surface area (Å²) in [5, 5.41) is 29.1. The summed E-state index contributed by atoms with van der Waals surface area (Å²) in [7, 11) is 0. The normalized spacial score (nSPS) is 12.1. The number of hydrogen-bond donors (Lipinski definition) is 0. The number of nitrogens with zero attached hydrogens (tertiary/aromatic N) is 3. The molecule has 0 spiro atoms. The predicted molar refractivity (Wildman–Crippen MR) is 66.7 cm³/mol. The number of allylic oxidation sites excluding steroid dienone is 2. The molecule has 18 heavy (non-hydrogen) atoms. The van der Waals surface area contributed by atoms with Gasteiger partial charge >= 0.3 is 0 Å². The lowest BCUT2D eigenvalue weighted by molar-refractivity contribution is 1.50. The summed E-state index contributed by atoms with van der Waals surface area (Å²) in [6, 6.07) is 15.2. The Morgan fingerprint density at radius 2 is 1.39 bits per heavy atom. The average molecular weight is 227 g/mol. The standard InChI is InChI=1S/C15H5N3/c16-6-9-4-5-12-14(8-18)13(7-17)11-3-1-2-10(9)15(11)12/h1-5H. The minimum atomic E-state index is 0.396. The second-order valence-corrected chi connectivity index (χ2v) is 3.97. The van der Waals surface area contributed by atoms with Gasteiger partial charge in [-0.25, -0.2) is 0 Å². The third-order valence-electron chi connectivity index (χ3n) is 3.17. The van der Waals surface area contributed by atoms with Crippen LogP contribution in [0.1, 0.15) is 16.7 Å². The van der Waals surface area contributed by atoms with Crippen LogP contribution in [0, 0.1) is 34.0 Å². The van der Waals surface area contributed by atoms with Crippen LogP contribution in [-0.2, 0) is 0 Å². The van der Waals surface area contributed by atoms with E-state index in [1.807, 2.05) is 12.1 Å². The zero-order valence-electron chi connectivity index (χ0n) is 9.23. The SMILES string of the molecule is N#CC1=C(C#N)c2ccc(C#N)c3cccc1c23. The van der Waals surface area contributed by atoms with Crippen LogP contribution >= 0.6 is 0 Å². The Balaban J connectivity index is 2.57. The average Bonchev–Trinajstić information content (AvgIpc) is 2.74. The van der Waals surface area contributed by atoms with Crippen LogP contribution in [0.3, 0.4) is 0 Å². The van der Waals surface area contributed by atoms with Crippen LogP contribution in [0.4, 0.5) is 0 Å². The molecule has 0 saturated carbocycles. The highest BCUT2D eigenvalue weighted by Gasteiger charge is 2.24. The maximum atomic E-state index is 9.19. The van der Waals surface area contributed by atoms with Gasteiger partial charge in [0.05, 0.1) is 22.8 Å². The Morgan fingerprint density at radius 1 is 0.722 bits per heavy atom. The van der Waals surface area contributed by atoms with Crippen LogP contribution in [0.15, 0.2) is 30.3 Å². The van der Waals surface area contributed by atoms with E-state index in [2.05, 4.69) is 18.2 Å². The smallest absolute Gasteiger partial charge is 0.101 e. The number of hydrogen-bond acceptors (Lipinski definition) is 3. The largest absolute Gasteiger partial charge is 0.192 e. The van der Waals surface area contributed by atoms with Crippen molar-refractivity contribution in [3.8, 4) is 18.2 Å². The van der Waals surface area contributed by atoms with Gasteiger partial charge in [-0.05, 0) is 6.07 Å². The molecular formula is C15H5N3. The van der Waals surface area contributed by atoms with Gasteiger partial charge in [0.2, 0.25) is 0 Å². The van der Waals surface area contributed by atoms with Crippen molar-refractivity contribution in [1.82, 2.24) is 0 Å². The lowest BCUT2D eigenvalue weighted by Gasteiger charge is -2.03. The molecular weight excluding hydrogens is 222 g/mol. The van der Waals surface area contributed by atoms with Crippen LogP contribution in [0.5, 0.6) is 0 Å². The minimum Gasteiger partial charge on any atom is -0.192 e. The number of benzene rings is 2. The summed E-state index contributed by atoms with van der Waals surface area (Å²) in [6.45, 7) is 0. The summed E-state index contributed by atoms with van der Waals surface area (Å²) in [5.41, 5.74) is 2.85. The zero-order valence-corrected chi connectivity index (χ0v) is 9.23. The van der Waals surface area contributed by atoms with E-state index >= 15 is 0 Å². The summed E-state index contributed by atoms with van der Waals surface area (Å²) in [5.74, 6) is 0. The highest BCUT2D eigenvalue weighted by molar-refractivity contribution is 6.20. The fourth-order valence-electron chi connectivity index (χ4n) is 2.42. The van der Waals surface area contributed by atoms with Crippen molar-refractivity contribution in [2.24, 2.45) is 0 Å². The molecule has 0 aromatic heterocycles.